The van der Waals surface area contributed by atoms with E-state index in [1.165, 1.54) is 11.0 Å². The Labute approximate surface area is 174 Å². The molecule has 6 nitrogen and oxygen atoms in total. The molecule has 1 aliphatic rings. The molecule has 0 aliphatic carbocycles. The summed E-state index contributed by atoms with van der Waals surface area (Å²) in [6, 6.07) is 8.98. The normalized spacial score (nSPS) is 16.7. The number of rotatable bonds is 1. The van der Waals surface area contributed by atoms with Crippen molar-refractivity contribution in [3.63, 3.8) is 0 Å². The first-order valence-corrected chi connectivity index (χ1v) is 9.81. The van der Waals surface area contributed by atoms with Crippen LogP contribution in [0.1, 0.15) is 31.2 Å². The third-order valence-electron chi connectivity index (χ3n) is 4.92. The molecule has 0 atom stereocenters. The van der Waals surface area contributed by atoms with Crippen LogP contribution in [0.3, 0.4) is 0 Å². The van der Waals surface area contributed by atoms with Crippen molar-refractivity contribution in [2.45, 2.75) is 32.2 Å². The number of nitrogens with zero attached hydrogens (tertiary/aromatic N) is 2. The second-order valence-corrected chi connectivity index (χ2v) is 7.06. The molecule has 3 rings (SSSR count). The molecule has 0 saturated heterocycles. The van der Waals surface area contributed by atoms with E-state index in [0.717, 1.165) is 31.4 Å². The number of hydrogen-bond acceptors (Lipinski definition) is 5. The van der Waals surface area contributed by atoms with Crippen molar-refractivity contribution in [1.29, 1.82) is 0 Å². The van der Waals surface area contributed by atoms with Crippen LogP contribution >= 0.6 is 0 Å². The Morgan fingerprint density at radius 1 is 1.03 bits per heavy atom. The number of hydrogen-bond donors (Lipinski definition) is 1. The smallest absolute Gasteiger partial charge is 0.229 e. The number of ether oxygens (including phenoxy) is 2. The van der Waals surface area contributed by atoms with E-state index in [9.17, 15) is 13.6 Å². The number of carbonyl (C=O) groups excluding carboxylic acids is 1. The van der Waals surface area contributed by atoms with Crippen molar-refractivity contribution in [2.75, 3.05) is 20.4 Å². The largest absolute Gasteiger partial charge is 0.467 e. The van der Waals surface area contributed by atoms with Crippen LogP contribution in [0.15, 0.2) is 41.4 Å². The highest BCUT2D eigenvalue weighted by Crippen LogP contribution is 2.28. The highest BCUT2D eigenvalue weighted by atomic mass is 19.2. The van der Waals surface area contributed by atoms with Crippen molar-refractivity contribution in [1.82, 2.24) is 4.90 Å². The van der Waals surface area contributed by atoms with E-state index in [4.69, 9.17) is 15.2 Å². The molecular weight excluding hydrogens is 392 g/mol. The van der Waals surface area contributed by atoms with Gasteiger partial charge >= 0.3 is 0 Å². The molecule has 0 spiro atoms. The summed E-state index contributed by atoms with van der Waals surface area (Å²) in [7, 11) is 1.59. The minimum atomic E-state index is -0.921. The Hall–Kier alpha value is -3.00. The quantitative estimate of drug-likeness (QED) is 0.765. The number of amides is 1. The van der Waals surface area contributed by atoms with Crippen molar-refractivity contribution in [3.8, 4) is 16.9 Å². The van der Waals surface area contributed by atoms with Crippen LogP contribution in [-0.2, 0) is 16.1 Å². The number of carbonyl (C=O) groups is 1. The molecule has 1 amide bonds. The van der Waals surface area contributed by atoms with Gasteiger partial charge in [-0.3, -0.25) is 9.69 Å². The number of aliphatic imine (C=N–C) groups is 1. The molecule has 1 heterocycles. The number of guanidine groups is 1. The van der Waals surface area contributed by atoms with E-state index in [1.807, 2.05) is 0 Å². The van der Waals surface area contributed by atoms with Gasteiger partial charge in [-0.15, -0.1) is 0 Å². The summed E-state index contributed by atoms with van der Waals surface area (Å²) in [5, 5.41) is 0. The molecule has 2 aromatic carbocycles. The third-order valence-corrected chi connectivity index (χ3v) is 4.92. The minimum Gasteiger partial charge on any atom is -0.467 e. The second-order valence-electron chi connectivity index (χ2n) is 7.06. The van der Waals surface area contributed by atoms with E-state index in [0.29, 0.717) is 35.5 Å². The monoisotopic (exact) mass is 417 g/mol. The molecule has 0 fully saturated rings. The Morgan fingerprint density at radius 3 is 2.60 bits per heavy atom. The minimum absolute atomic E-state index is 0.0789. The summed E-state index contributed by atoms with van der Waals surface area (Å²) in [4.78, 5) is 17.9. The molecule has 160 valence electrons. The van der Waals surface area contributed by atoms with Gasteiger partial charge in [-0.05, 0) is 48.2 Å². The fourth-order valence-corrected chi connectivity index (χ4v) is 3.09. The summed E-state index contributed by atoms with van der Waals surface area (Å²) in [6.45, 7) is 0.761. The van der Waals surface area contributed by atoms with Gasteiger partial charge in [0.15, 0.2) is 24.4 Å². The van der Waals surface area contributed by atoms with Crippen LogP contribution in [0.25, 0.3) is 11.1 Å². The maximum Gasteiger partial charge on any atom is 0.229 e. The standard InChI is InChI=1S/C22H25F2N3O3/c1-27-21(28)5-3-2-4-10-29-14-30-20-9-7-15(11-17(20)13-26-22(27)25)16-6-8-18(23)19(24)12-16/h6-9,11-12H,2-5,10,13-14H2,1H3,(H2,25,26). The highest BCUT2D eigenvalue weighted by molar-refractivity contribution is 5.95. The lowest BCUT2D eigenvalue weighted by Gasteiger charge is -2.16. The van der Waals surface area contributed by atoms with E-state index < -0.39 is 11.6 Å². The zero-order valence-corrected chi connectivity index (χ0v) is 16.9. The number of nitrogens with two attached hydrogens (primary N) is 1. The van der Waals surface area contributed by atoms with Gasteiger partial charge in [-0.25, -0.2) is 13.8 Å². The van der Waals surface area contributed by atoms with Crippen molar-refractivity contribution in [3.05, 3.63) is 53.6 Å². The first-order valence-electron chi connectivity index (χ1n) is 9.81. The van der Waals surface area contributed by atoms with Gasteiger partial charge in [-0.1, -0.05) is 18.6 Å². The number of fused-ring (bicyclic) bond motifs is 1. The Kier molecular flexibility index (Phi) is 7.35. The van der Waals surface area contributed by atoms with Gasteiger partial charge in [0.2, 0.25) is 5.91 Å². The molecule has 2 N–H and O–H groups in total. The van der Waals surface area contributed by atoms with Crippen LogP contribution in [0.5, 0.6) is 5.75 Å². The predicted octanol–water partition coefficient (Wildman–Crippen LogP) is 3.83. The maximum absolute atomic E-state index is 13.6. The average Bonchev–Trinajstić information content (AvgIpc) is 2.75. The summed E-state index contributed by atoms with van der Waals surface area (Å²) in [5.41, 5.74) is 7.87. The Morgan fingerprint density at radius 2 is 1.80 bits per heavy atom. The highest BCUT2D eigenvalue weighted by Gasteiger charge is 2.14. The summed E-state index contributed by atoms with van der Waals surface area (Å²) in [6.07, 6.45) is 2.83. The van der Waals surface area contributed by atoms with Crippen LogP contribution in [0, 0.1) is 11.6 Å². The van der Waals surface area contributed by atoms with Gasteiger partial charge in [0, 0.05) is 19.0 Å². The summed E-state index contributed by atoms with van der Waals surface area (Å²) in [5.74, 6) is -1.27. The zero-order chi connectivity index (χ0) is 21.5. The van der Waals surface area contributed by atoms with E-state index in [1.54, 1.807) is 25.2 Å². The van der Waals surface area contributed by atoms with Gasteiger partial charge in [0.25, 0.3) is 0 Å². The first kappa shape index (κ1) is 21.7. The molecular formula is C22H25F2N3O3. The Balaban J connectivity index is 1.91. The summed E-state index contributed by atoms with van der Waals surface area (Å²) < 4.78 is 38.2. The molecule has 1 aliphatic heterocycles. The number of benzene rings is 2. The average molecular weight is 417 g/mol. The van der Waals surface area contributed by atoms with Crippen LogP contribution in [-0.4, -0.2) is 37.2 Å². The molecule has 0 aromatic heterocycles. The van der Waals surface area contributed by atoms with Gasteiger partial charge in [0.1, 0.15) is 5.75 Å². The maximum atomic E-state index is 13.6. The predicted molar refractivity (Wildman–Crippen MR) is 110 cm³/mol. The van der Waals surface area contributed by atoms with E-state index >= 15 is 0 Å². The van der Waals surface area contributed by atoms with Gasteiger partial charge in [0.05, 0.1) is 13.2 Å². The molecule has 0 bridgehead atoms. The topological polar surface area (TPSA) is 77.2 Å². The molecule has 2 aromatic rings. The number of halogens is 2. The van der Waals surface area contributed by atoms with E-state index in [-0.39, 0.29) is 25.2 Å². The fraction of sp³-hybridized carbons (Fsp3) is 0.364. The van der Waals surface area contributed by atoms with Crippen LogP contribution < -0.4 is 10.5 Å². The molecule has 8 heteroatoms. The van der Waals surface area contributed by atoms with Gasteiger partial charge in [-0.2, -0.15) is 0 Å². The SMILES string of the molecule is CN1C(=O)CCCCCOCOc2ccc(-c3ccc(F)c(F)c3)cc2CN=C1N. The molecule has 0 radical (unpaired) electrons. The van der Waals surface area contributed by atoms with Crippen LogP contribution in [0.2, 0.25) is 0 Å². The Bertz CT molecular complexity index is 934. The third kappa shape index (κ3) is 5.54. The van der Waals surface area contributed by atoms with Gasteiger partial charge < -0.3 is 15.2 Å². The lowest BCUT2D eigenvalue weighted by atomic mass is 10.0. The van der Waals surface area contributed by atoms with Crippen LogP contribution in [0.4, 0.5) is 8.78 Å². The molecule has 0 saturated carbocycles. The lowest BCUT2D eigenvalue weighted by molar-refractivity contribution is -0.126. The van der Waals surface area contributed by atoms with Crippen molar-refractivity contribution in [2.24, 2.45) is 10.7 Å². The first-order chi connectivity index (χ1) is 14.5. The summed E-state index contributed by atoms with van der Waals surface area (Å²) >= 11 is 0. The van der Waals surface area contributed by atoms with E-state index in [2.05, 4.69) is 4.99 Å². The van der Waals surface area contributed by atoms with Crippen molar-refractivity contribution >= 4 is 11.9 Å². The van der Waals surface area contributed by atoms with Crippen molar-refractivity contribution < 1.29 is 23.0 Å². The zero-order valence-electron chi connectivity index (χ0n) is 16.9. The lowest BCUT2D eigenvalue weighted by Crippen LogP contribution is -2.38. The second kappa shape index (κ2) is 10.2. The fourth-order valence-electron chi connectivity index (χ4n) is 3.09. The molecule has 30 heavy (non-hydrogen) atoms. The molecule has 0 unspecified atom stereocenters.